The zero-order chi connectivity index (χ0) is 26.1. The summed E-state index contributed by atoms with van der Waals surface area (Å²) >= 11 is 0. The van der Waals surface area contributed by atoms with Crippen LogP contribution in [0.1, 0.15) is 27.7 Å². The quantitative estimate of drug-likeness (QED) is 0.247. The van der Waals surface area contributed by atoms with E-state index in [-0.39, 0.29) is 24.9 Å². The summed E-state index contributed by atoms with van der Waals surface area (Å²) in [6.07, 6.45) is 1.79. The first kappa shape index (κ1) is 36.8. The van der Waals surface area contributed by atoms with Crippen LogP contribution in [0.25, 0.3) is 0 Å². The summed E-state index contributed by atoms with van der Waals surface area (Å²) in [5, 5.41) is 40.6. The normalized spacial score (nSPS) is 12.9. The van der Waals surface area contributed by atoms with Crippen molar-refractivity contribution in [3.8, 4) is 0 Å². The standard InChI is InChI=1S/C12H26O5.3C3H4O2/c1-9(14)6-15-11(3)8-17-12(4)7-16-10(2)5-13;3*1-2-3(4)5/h9-14H,5-8H2,1-4H3;3*2H,1H2,(H,4,5). The topological polar surface area (TPSA) is 180 Å². The van der Waals surface area contributed by atoms with E-state index >= 15 is 0 Å². The van der Waals surface area contributed by atoms with Crippen molar-refractivity contribution >= 4 is 17.9 Å². The summed E-state index contributed by atoms with van der Waals surface area (Å²) in [5.74, 6) is -2.94. The van der Waals surface area contributed by atoms with Gasteiger partial charge in [0.05, 0.1) is 50.8 Å². The second-order valence-corrected chi connectivity index (χ2v) is 6.09. The Bertz CT molecular complexity index is 475. The average molecular weight is 467 g/mol. The smallest absolute Gasteiger partial charge is 0.327 e. The van der Waals surface area contributed by atoms with Crippen molar-refractivity contribution in [1.29, 1.82) is 0 Å². The molecule has 4 atom stereocenters. The maximum atomic E-state index is 9.25. The molecule has 11 nitrogen and oxygen atoms in total. The van der Waals surface area contributed by atoms with Crippen LogP contribution in [0.15, 0.2) is 38.0 Å². The molecule has 0 heterocycles. The molecule has 0 rings (SSSR count). The molecule has 0 radical (unpaired) electrons. The van der Waals surface area contributed by atoms with Gasteiger partial charge in [-0.1, -0.05) is 19.7 Å². The number of aliphatic carboxylic acids is 3. The Kier molecular flexibility index (Phi) is 30.4. The van der Waals surface area contributed by atoms with Gasteiger partial charge in [-0.15, -0.1) is 0 Å². The lowest BCUT2D eigenvalue weighted by atomic mass is 10.3. The van der Waals surface area contributed by atoms with Crippen molar-refractivity contribution in [2.45, 2.75) is 52.1 Å². The molecule has 0 amide bonds. The minimum Gasteiger partial charge on any atom is -0.478 e. The van der Waals surface area contributed by atoms with E-state index < -0.39 is 24.0 Å². The minimum atomic E-state index is -0.981. The van der Waals surface area contributed by atoms with Gasteiger partial charge >= 0.3 is 17.9 Å². The summed E-state index contributed by atoms with van der Waals surface area (Å²) < 4.78 is 16.2. The van der Waals surface area contributed by atoms with Gasteiger partial charge in [0, 0.05) is 18.2 Å². The zero-order valence-corrected chi connectivity index (χ0v) is 19.2. The van der Waals surface area contributed by atoms with Gasteiger partial charge in [0.25, 0.3) is 0 Å². The summed E-state index contributed by atoms with van der Waals surface area (Å²) in [4.78, 5) is 27.8. The van der Waals surface area contributed by atoms with E-state index in [4.69, 9.17) is 39.7 Å². The van der Waals surface area contributed by atoms with E-state index in [0.29, 0.717) is 19.8 Å². The Morgan fingerprint density at radius 2 is 0.938 bits per heavy atom. The Labute approximate surface area is 189 Å². The van der Waals surface area contributed by atoms with E-state index in [0.717, 1.165) is 18.2 Å². The summed E-state index contributed by atoms with van der Waals surface area (Å²) in [7, 11) is 0. The van der Waals surface area contributed by atoms with Crippen molar-refractivity contribution in [1.82, 2.24) is 0 Å². The van der Waals surface area contributed by atoms with Crippen molar-refractivity contribution in [2.75, 3.05) is 26.4 Å². The molecule has 0 aliphatic rings. The van der Waals surface area contributed by atoms with Gasteiger partial charge in [0.15, 0.2) is 0 Å². The number of hydrogen-bond donors (Lipinski definition) is 5. The second kappa shape index (κ2) is 26.5. The fourth-order valence-corrected chi connectivity index (χ4v) is 1.05. The first-order valence-corrected chi connectivity index (χ1v) is 9.46. The number of rotatable bonds is 13. The van der Waals surface area contributed by atoms with Crippen LogP contribution in [0.2, 0.25) is 0 Å². The first-order valence-electron chi connectivity index (χ1n) is 9.46. The van der Waals surface area contributed by atoms with E-state index in [2.05, 4.69) is 19.7 Å². The molecule has 0 saturated heterocycles. The average Bonchev–Trinajstić information content (AvgIpc) is 2.75. The predicted molar refractivity (Wildman–Crippen MR) is 119 cm³/mol. The Morgan fingerprint density at radius 3 is 1.16 bits per heavy atom. The molecule has 0 aromatic heterocycles. The van der Waals surface area contributed by atoms with E-state index in [9.17, 15) is 14.4 Å². The number of aliphatic hydroxyl groups is 2. The highest BCUT2D eigenvalue weighted by Crippen LogP contribution is 2.00. The van der Waals surface area contributed by atoms with Crippen molar-refractivity contribution in [2.24, 2.45) is 0 Å². The summed E-state index contributed by atoms with van der Waals surface area (Å²) in [6, 6.07) is 0. The zero-order valence-electron chi connectivity index (χ0n) is 19.2. The Balaban J connectivity index is -0.000000212. The molecular formula is C21H38O11. The molecule has 0 spiro atoms. The van der Waals surface area contributed by atoms with Crippen LogP contribution in [0.4, 0.5) is 0 Å². The second-order valence-electron chi connectivity index (χ2n) is 6.09. The van der Waals surface area contributed by atoms with Crippen LogP contribution in [-0.2, 0) is 28.6 Å². The predicted octanol–water partition coefficient (Wildman–Crippen LogP) is 1.35. The Hall–Kier alpha value is -2.57. The number of carbonyl (C=O) groups is 3. The van der Waals surface area contributed by atoms with E-state index in [1.165, 1.54) is 0 Å². The molecule has 0 aliphatic carbocycles. The molecule has 0 fully saturated rings. The van der Waals surface area contributed by atoms with Crippen molar-refractivity contribution < 1.29 is 54.1 Å². The molecule has 4 unspecified atom stereocenters. The maximum Gasteiger partial charge on any atom is 0.327 e. The molecule has 0 bridgehead atoms. The number of carboxylic acid groups (broad SMARTS) is 3. The van der Waals surface area contributed by atoms with Crippen LogP contribution in [-0.4, -0.2) is 94.3 Å². The third-order valence-electron chi connectivity index (χ3n) is 2.63. The SMILES string of the molecule is C=CC(=O)O.C=CC(=O)O.C=CC(=O)O.CC(O)COC(C)COC(C)COC(C)CO. The maximum absolute atomic E-state index is 9.25. The van der Waals surface area contributed by atoms with Gasteiger partial charge < -0.3 is 39.7 Å². The Morgan fingerprint density at radius 1 is 0.688 bits per heavy atom. The van der Waals surface area contributed by atoms with Gasteiger partial charge in [-0.25, -0.2) is 14.4 Å². The first-order chi connectivity index (χ1) is 14.8. The molecule has 5 N–H and O–H groups in total. The van der Waals surface area contributed by atoms with E-state index in [1.807, 2.05) is 13.8 Å². The van der Waals surface area contributed by atoms with Crippen LogP contribution in [0.3, 0.4) is 0 Å². The van der Waals surface area contributed by atoms with Crippen LogP contribution >= 0.6 is 0 Å². The molecule has 0 aromatic rings. The fourth-order valence-electron chi connectivity index (χ4n) is 1.05. The third-order valence-corrected chi connectivity index (χ3v) is 2.63. The van der Waals surface area contributed by atoms with E-state index in [1.54, 1.807) is 13.8 Å². The van der Waals surface area contributed by atoms with Gasteiger partial charge in [-0.2, -0.15) is 0 Å². The molecule has 188 valence electrons. The number of carboxylic acids is 3. The fraction of sp³-hybridized carbons (Fsp3) is 0.571. The van der Waals surface area contributed by atoms with Crippen LogP contribution in [0.5, 0.6) is 0 Å². The van der Waals surface area contributed by atoms with Crippen molar-refractivity contribution in [3.05, 3.63) is 38.0 Å². The highest BCUT2D eigenvalue weighted by Gasteiger charge is 2.09. The van der Waals surface area contributed by atoms with Crippen molar-refractivity contribution in [3.63, 3.8) is 0 Å². The molecular weight excluding hydrogens is 428 g/mol. The van der Waals surface area contributed by atoms with Gasteiger partial charge in [-0.05, 0) is 27.7 Å². The number of aliphatic hydroxyl groups excluding tert-OH is 2. The molecule has 0 aromatic carbocycles. The monoisotopic (exact) mass is 466 g/mol. The van der Waals surface area contributed by atoms with Gasteiger partial charge in [0.2, 0.25) is 0 Å². The molecule has 32 heavy (non-hydrogen) atoms. The largest absolute Gasteiger partial charge is 0.478 e. The van der Waals surface area contributed by atoms with Gasteiger partial charge in [0.1, 0.15) is 0 Å². The summed E-state index contributed by atoms with van der Waals surface area (Å²) in [6.45, 7) is 17.4. The highest BCUT2D eigenvalue weighted by molar-refractivity contribution is 5.79. The van der Waals surface area contributed by atoms with Crippen LogP contribution < -0.4 is 0 Å². The third kappa shape index (κ3) is 45.9. The minimum absolute atomic E-state index is 0.0145. The summed E-state index contributed by atoms with van der Waals surface area (Å²) in [5.41, 5.74) is 0. The van der Waals surface area contributed by atoms with Gasteiger partial charge in [-0.3, -0.25) is 0 Å². The molecule has 0 aliphatic heterocycles. The lowest BCUT2D eigenvalue weighted by Gasteiger charge is -2.19. The van der Waals surface area contributed by atoms with Crippen LogP contribution in [0, 0.1) is 0 Å². The highest BCUT2D eigenvalue weighted by atomic mass is 16.6. The molecule has 11 heteroatoms. The lowest BCUT2D eigenvalue weighted by molar-refractivity contribution is -0.132. The molecule has 0 saturated carbocycles. The number of hydrogen-bond acceptors (Lipinski definition) is 8. The number of ether oxygens (including phenoxy) is 3. The lowest BCUT2D eigenvalue weighted by Crippen LogP contribution is -2.27.